The van der Waals surface area contributed by atoms with E-state index in [2.05, 4.69) is 15.3 Å². The lowest BCUT2D eigenvalue weighted by atomic mass is 9.96. The zero-order chi connectivity index (χ0) is 18.8. The molecule has 1 atom stereocenters. The van der Waals surface area contributed by atoms with Crippen molar-refractivity contribution in [3.05, 3.63) is 46.4 Å². The molecule has 8 nitrogen and oxygen atoms in total. The minimum atomic E-state index is -0.151. The Morgan fingerprint density at radius 2 is 2.15 bits per heavy atom. The van der Waals surface area contributed by atoms with E-state index in [1.54, 1.807) is 19.3 Å². The zero-order valence-corrected chi connectivity index (χ0v) is 15.2. The quantitative estimate of drug-likeness (QED) is 0.866. The molecule has 3 heterocycles. The van der Waals surface area contributed by atoms with E-state index in [9.17, 15) is 9.59 Å². The van der Waals surface area contributed by atoms with Crippen LogP contribution < -0.4 is 25.2 Å². The number of ether oxygens (including phenoxy) is 2. The van der Waals surface area contributed by atoms with Crippen LogP contribution in [0.1, 0.15) is 18.4 Å². The summed E-state index contributed by atoms with van der Waals surface area (Å²) in [7, 11) is 1.62. The summed E-state index contributed by atoms with van der Waals surface area (Å²) >= 11 is 0. The fraction of sp³-hybridized carbons (Fsp3) is 0.421. The normalized spacial score (nSPS) is 18.4. The first-order chi connectivity index (χ1) is 13.1. The van der Waals surface area contributed by atoms with Crippen molar-refractivity contribution in [1.82, 2.24) is 15.1 Å². The molecule has 4 rings (SSSR count). The molecule has 1 fully saturated rings. The average Bonchev–Trinajstić information content (AvgIpc) is 3.16. The highest BCUT2D eigenvalue weighted by Gasteiger charge is 2.26. The molecule has 1 aromatic heterocycles. The van der Waals surface area contributed by atoms with E-state index < -0.39 is 0 Å². The van der Waals surface area contributed by atoms with Crippen LogP contribution in [0.5, 0.6) is 11.5 Å². The molecule has 1 saturated heterocycles. The standard InChI is InChI=1S/C19H22N4O4/c1-22-18(24)8-15(10-21-22)23-6-2-3-14(11-23)19(25)20-9-13-4-5-16-17(7-13)27-12-26-16/h4-5,7-8,10,14H,2-3,6,9,11-12H2,1H3,(H,20,25). The fourth-order valence-corrected chi connectivity index (χ4v) is 3.44. The lowest BCUT2D eigenvalue weighted by Crippen LogP contribution is -2.43. The lowest BCUT2D eigenvalue weighted by molar-refractivity contribution is -0.125. The van der Waals surface area contributed by atoms with Gasteiger partial charge in [0.15, 0.2) is 11.5 Å². The van der Waals surface area contributed by atoms with E-state index in [4.69, 9.17) is 9.47 Å². The Morgan fingerprint density at radius 3 is 3.00 bits per heavy atom. The first-order valence-electron chi connectivity index (χ1n) is 9.05. The van der Waals surface area contributed by atoms with Crippen molar-refractivity contribution in [2.24, 2.45) is 13.0 Å². The number of nitrogens with zero attached hydrogens (tertiary/aromatic N) is 3. The van der Waals surface area contributed by atoms with Gasteiger partial charge in [-0.15, -0.1) is 0 Å². The second kappa shape index (κ2) is 7.30. The van der Waals surface area contributed by atoms with Crippen LogP contribution in [0, 0.1) is 5.92 Å². The van der Waals surface area contributed by atoms with Crippen LogP contribution in [0.3, 0.4) is 0 Å². The number of anilines is 1. The number of benzene rings is 1. The second-order valence-corrected chi connectivity index (χ2v) is 6.87. The highest BCUT2D eigenvalue weighted by atomic mass is 16.7. The van der Waals surface area contributed by atoms with Gasteiger partial charge in [0.2, 0.25) is 12.7 Å². The van der Waals surface area contributed by atoms with Gasteiger partial charge in [-0.3, -0.25) is 9.59 Å². The van der Waals surface area contributed by atoms with Gasteiger partial charge in [0.05, 0.1) is 17.8 Å². The van der Waals surface area contributed by atoms with Crippen LogP contribution in [0.4, 0.5) is 5.69 Å². The Balaban J connectivity index is 1.37. The van der Waals surface area contributed by atoms with E-state index in [1.807, 2.05) is 18.2 Å². The maximum absolute atomic E-state index is 12.6. The summed E-state index contributed by atoms with van der Waals surface area (Å²) in [6.45, 7) is 2.09. The smallest absolute Gasteiger partial charge is 0.268 e. The van der Waals surface area contributed by atoms with Crippen molar-refractivity contribution in [3.63, 3.8) is 0 Å². The fourth-order valence-electron chi connectivity index (χ4n) is 3.44. The van der Waals surface area contributed by atoms with E-state index in [-0.39, 0.29) is 24.2 Å². The predicted molar refractivity (Wildman–Crippen MR) is 98.8 cm³/mol. The number of aryl methyl sites for hydroxylation is 1. The van der Waals surface area contributed by atoms with E-state index >= 15 is 0 Å². The topological polar surface area (TPSA) is 85.7 Å². The van der Waals surface area contributed by atoms with Crippen molar-refractivity contribution in [1.29, 1.82) is 0 Å². The van der Waals surface area contributed by atoms with Crippen molar-refractivity contribution in [2.45, 2.75) is 19.4 Å². The van der Waals surface area contributed by atoms with Crippen molar-refractivity contribution < 1.29 is 14.3 Å². The Bertz CT molecular complexity index is 911. The van der Waals surface area contributed by atoms with Gasteiger partial charge in [-0.1, -0.05) is 6.07 Å². The van der Waals surface area contributed by atoms with E-state index in [1.165, 1.54) is 4.68 Å². The summed E-state index contributed by atoms with van der Waals surface area (Å²) in [6, 6.07) is 7.24. The first-order valence-corrected chi connectivity index (χ1v) is 9.05. The van der Waals surface area contributed by atoms with Gasteiger partial charge < -0.3 is 19.7 Å². The molecule has 0 radical (unpaired) electrons. The molecule has 8 heteroatoms. The first kappa shape index (κ1) is 17.4. The van der Waals surface area contributed by atoms with Gasteiger partial charge in [-0.25, -0.2) is 4.68 Å². The molecule has 0 aliphatic carbocycles. The number of aromatic nitrogens is 2. The lowest BCUT2D eigenvalue weighted by Gasteiger charge is -2.33. The van der Waals surface area contributed by atoms with E-state index in [0.717, 1.165) is 36.4 Å². The molecule has 2 aliphatic rings. The van der Waals surface area contributed by atoms with Crippen LogP contribution in [-0.4, -0.2) is 35.6 Å². The summed E-state index contributed by atoms with van der Waals surface area (Å²) in [6.07, 6.45) is 3.41. The van der Waals surface area contributed by atoms with Crippen LogP contribution in [0.15, 0.2) is 35.3 Å². The largest absolute Gasteiger partial charge is 0.454 e. The molecule has 2 aliphatic heterocycles. The SMILES string of the molecule is Cn1ncc(N2CCCC(C(=O)NCc3ccc4c(c3)OCO4)C2)cc1=O. The monoisotopic (exact) mass is 370 g/mol. The van der Waals surface area contributed by atoms with Gasteiger partial charge in [-0.05, 0) is 30.5 Å². The van der Waals surface area contributed by atoms with Gasteiger partial charge >= 0.3 is 0 Å². The number of carbonyl (C=O) groups excluding carboxylic acids is 1. The highest BCUT2D eigenvalue weighted by Crippen LogP contribution is 2.32. The Labute approximate surface area is 156 Å². The third-order valence-electron chi connectivity index (χ3n) is 5.01. The number of piperidine rings is 1. The number of rotatable bonds is 4. The molecule has 0 bridgehead atoms. The van der Waals surface area contributed by atoms with Crippen molar-refractivity contribution in [2.75, 3.05) is 24.8 Å². The Kier molecular flexibility index (Phi) is 4.70. The molecule has 27 heavy (non-hydrogen) atoms. The van der Waals surface area contributed by atoms with Crippen LogP contribution in [0.2, 0.25) is 0 Å². The minimum absolute atomic E-state index is 0.0224. The number of hydrogen-bond acceptors (Lipinski definition) is 6. The molecular formula is C19H22N4O4. The van der Waals surface area contributed by atoms with Gasteiger partial charge in [0, 0.05) is 32.7 Å². The molecule has 1 aromatic carbocycles. The summed E-state index contributed by atoms with van der Waals surface area (Å²) in [5, 5.41) is 7.08. The van der Waals surface area contributed by atoms with Crippen molar-refractivity contribution in [3.8, 4) is 11.5 Å². The molecule has 2 aromatic rings. The zero-order valence-electron chi connectivity index (χ0n) is 15.2. The Morgan fingerprint density at radius 1 is 1.30 bits per heavy atom. The van der Waals surface area contributed by atoms with Crippen LogP contribution in [0.25, 0.3) is 0 Å². The molecule has 1 unspecified atom stereocenters. The van der Waals surface area contributed by atoms with Crippen LogP contribution in [-0.2, 0) is 18.4 Å². The predicted octanol–water partition coefficient (Wildman–Crippen LogP) is 1.04. The summed E-state index contributed by atoms with van der Waals surface area (Å²) in [4.78, 5) is 26.5. The highest BCUT2D eigenvalue weighted by molar-refractivity contribution is 5.79. The molecule has 1 N–H and O–H groups in total. The third-order valence-corrected chi connectivity index (χ3v) is 5.01. The molecule has 142 valence electrons. The molecule has 0 spiro atoms. The minimum Gasteiger partial charge on any atom is -0.454 e. The number of amides is 1. The van der Waals surface area contributed by atoms with E-state index in [0.29, 0.717) is 18.8 Å². The summed E-state index contributed by atoms with van der Waals surface area (Å²) in [5.41, 5.74) is 1.59. The molecule has 0 saturated carbocycles. The average molecular weight is 370 g/mol. The van der Waals surface area contributed by atoms with Gasteiger partial charge in [0.1, 0.15) is 0 Å². The molecular weight excluding hydrogens is 348 g/mol. The summed E-state index contributed by atoms with van der Waals surface area (Å²) in [5.74, 6) is 1.35. The summed E-state index contributed by atoms with van der Waals surface area (Å²) < 4.78 is 12.0. The van der Waals surface area contributed by atoms with Crippen molar-refractivity contribution >= 4 is 11.6 Å². The third kappa shape index (κ3) is 3.74. The number of hydrogen-bond donors (Lipinski definition) is 1. The van der Waals surface area contributed by atoms with Crippen LogP contribution >= 0.6 is 0 Å². The number of nitrogens with one attached hydrogen (secondary N) is 1. The van der Waals surface area contributed by atoms with Gasteiger partial charge in [-0.2, -0.15) is 5.10 Å². The maximum atomic E-state index is 12.6. The molecule has 1 amide bonds. The van der Waals surface area contributed by atoms with Gasteiger partial charge in [0.25, 0.3) is 5.56 Å². The number of carbonyl (C=O) groups is 1. The second-order valence-electron chi connectivity index (χ2n) is 6.87. The number of fused-ring (bicyclic) bond motifs is 1. The Hall–Kier alpha value is -3.03. The maximum Gasteiger partial charge on any atom is 0.268 e.